The summed E-state index contributed by atoms with van der Waals surface area (Å²) >= 11 is 0. The van der Waals surface area contributed by atoms with Crippen molar-refractivity contribution in [1.82, 2.24) is 0 Å². The Balaban J connectivity index is 0.000000145. The molecule has 10 fully saturated rings. The van der Waals surface area contributed by atoms with Crippen LogP contribution in [-0.2, 0) is 57.8 Å². The van der Waals surface area contributed by atoms with E-state index in [9.17, 15) is 64.2 Å². The van der Waals surface area contributed by atoms with Crippen LogP contribution in [0.5, 0.6) is 0 Å². The fraction of sp³-hybridized carbons (Fsp3) is 0.770. The average Bonchev–Trinajstić information content (AvgIpc) is 1.21. The van der Waals surface area contributed by atoms with Gasteiger partial charge < -0.3 is 45.0 Å². The first-order chi connectivity index (χ1) is 55.3. The molecule has 0 bridgehead atoms. The predicted octanol–water partition coefficient (Wildman–Crippen LogP) is 18.3. The molecule has 19 unspecified atom stereocenters. The summed E-state index contributed by atoms with van der Waals surface area (Å²) in [5.74, 6) is 3.12. The van der Waals surface area contributed by atoms with Crippen molar-refractivity contribution < 1.29 is 88.5 Å². The fourth-order valence-corrected chi connectivity index (χ4v) is 30.1. The summed E-state index contributed by atoms with van der Waals surface area (Å²) in [5.41, 5.74) is 6.30. The fourth-order valence-electron chi connectivity index (χ4n) is 30.1. The van der Waals surface area contributed by atoms with Gasteiger partial charge in [-0.3, -0.25) is 24.0 Å². The van der Waals surface area contributed by atoms with Crippen molar-refractivity contribution in [3.63, 3.8) is 0 Å². The summed E-state index contributed by atoms with van der Waals surface area (Å²) in [6, 6.07) is 0. The third kappa shape index (κ3) is 17.8. The van der Waals surface area contributed by atoms with Gasteiger partial charge in [0.2, 0.25) is 0 Å². The van der Waals surface area contributed by atoms with Crippen LogP contribution in [0, 0.1) is 124 Å². The van der Waals surface area contributed by atoms with Gasteiger partial charge in [0, 0.05) is 49.9 Å². The number of carbonyl (C=O) groups is 7. The molecule has 0 radical (unpaired) electrons. The molecule has 6 N–H and O–H groups in total. The summed E-state index contributed by atoms with van der Waals surface area (Å²) < 4.78 is 5.87. The molecule has 15 aliphatic rings. The number of hydrogen-bond donors (Lipinski definition) is 6. The Morgan fingerprint density at radius 3 is 1.02 bits per heavy atom. The van der Waals surface area contributed by atoms with Gasteiger partial charge in [0.05, 0.1) is 35.2 Å². The van der Waals surface area contributed by atoms with Crippen LogP contribution >= 0.6 is 0 Å². The third-order valence-electron chi connectivity index (χ3n) is 35.6. The molecule has 18 nitrogen and oxygen atoms in total. The van der Waals surface area contributed by atoms with Crippen LogP contribution in [0.4, 0.5) is 0 Å². The zero-order valence-corrected chi connectivity index (χ0v) is 74.5. The maximum absolute atomic E-state index is 12.2. The molecule has 10 saturated carbocycles. The van der Waals surface area contributed by atoms with Gasteiger partial charge >= 0.3 is 0 Å². The van der Waals surface area contributed by atoms with E-state index in [1.807, 2.05) is 24.3 Å². The lowest BCUT2D eigenvalue weighted by molar-refractivity contribution is -0.389. The number of aliphatic hydroxyl groups excluding tert-OH is 6. The standard InChI is InChI=1S/C20H30O5.C20H30O4.3C20H30O3/c1-12-14(22)10-16-19(2,3)6-5-7-20(16,4)18(12)15-8-13(11-21)9-17(23)25-24-15;1-13-6-7-16-19(2,3)8-5-9-20(16,4)18(13)15-10-14(12-21)11-17(22)24-23-15;1-13-6-7-16-19(2,3)8-5-9-20(16,4)18(13)15-10-14(12-21)11-17(22)23-15;2*1-18(2)8-4-9-19(3)15(18)7-10-20(13-22)16(19)6-5-14(12-21)11-17(20)23/h8,11,14-18,22-23H,1,5-7,9-10H2,2-4H3;10,12,15-18,22H,1,5-9,11H2,2-4H3;10,12,15-18,22H,1,5-9,11H2,2-4H3;2*5,12-13,15-17,23H,4,6-11H2,1-3H3/t;;15?,16?,17?,18?,20-;15?,16?,17-,19+,20+;15?,16?,17-,19-,20-/m..010/s1. The molecule has 0 spiro atoms. The van der Waals surface area contributed by atoms with Gasteiger partial charge in [-0.2, -0.15) is 0 Å². The summed E-state index contributed by atoms with van der Waals surface area (Å²) in [6.07, 6.45) is 38.3. The van der Waals surface area contributed by atoms with Gasteiger partial charge in [0.15, 0.2) is 18.9 Å². The Hall–Kier alpha value is -4.83. The molecule has 0 aromatic rings. The summed E-state index contributed by atoms with van der Waals surface area (Å²) in [4.78, 5) is 102. The van der Waals surface area contributed by atoms with E-state index in [4.69, 9.17) is 24.3 Å². The minimum absolute atomic E-state index is 0.0662. The van der Waals surface area contributed by atoms with Crippen molar-refractivity contribution in [2.24, 2.45) is 124 Å². The lowest BCUT2D eigenvalue weighted by Crippen LogP contribution is -2.59. The highest BCUT2D eigenvalue weighted by Crippen LogP contribution is 2.70. The number of allylic oxidation sites excluding steroid dienone is 2. The first-order valence-electron chi connectivity index (χ1n) is 45.5. The summed E-state index contributed by atoms with van der Waals surface area (Å²) in [6.45, 7) is 48.1. The van der Waals surface area contributed by atoms with Crippen LogP contribution in [-0.4, -0.2) is 130 Å². The van der Waals surface area contributed by atoms with Gasteiger partial charge in [-0.1, -0.05) is 179 Å². The minimum Gasteiger partial charge on any atom is -0.392 e. The molecular formula is C100H150O18. The lowest BCUT2D eigenvalue weighted by Gasteiger charge is -2.62. The number of rotatable bonds is 10. The average molecular weight is 1640 g/mol. The Morgan fingerprint density at radius 2 is 0.653 bits per heavy atom. The molecule has 18 heteroatoms. The summed E-state index contributed by atoms with van der Waals surface area (Å²) in [7, 11) is 0. The Labute approximate surface area is 706 Å². The second-order valence-corrected chi connectivity index (χ2v) is 44.5. The molecule has 3 aliphatic heterocycles. The molecule has 0 aromatic carbocycles. The zero-order valence-electron chi connectivity index (χ0n) is 74.5. The summed E-state index contributed by atoms with van der Waals surface area (Å²) in [5, 5.41) is 62.0. The van der Waals surface area contributed by atoms with E-state index in [0.29, 0.717) is 94.0 Å². The molecule has 12 aliphatic carbocycles. The van der Waals surface area contributed by atoms with E-state index in [0.717, 1.165) is 139 Å². The van der Waals surface area contributed by atoms with E-state index in [1.54, 1.807) is 6.08 Å². The predicted molar refractivity (Wildman–Crippen MR) is 455 cm³/mol. The Bertz CT molecular complexity index is 3770. The first-order valence-corrected chi connectivity index (χ1v) is 45.5. The Morgan fingerprint density at radius 1 is 0.339 bits per heavy atom. The third-order valence-corrected chi connectivity index (χ3v) is 35.6. The van der Waals surface area contributed by atoms with E-state index >= 15 is 0 Å². The molecule has 658 valence electrons. The largest absolute Gasteiger partial charge is 0.392 e. The lowest BCUT2D eigenvalue weighted by atomic mass is 9.42. The number of carbonyl (C=O) groups excluding carboxylic acids is 7. The highest BCUT2D eigenvalue weighted by atomic mass is 17.2. The molecular weight excluding hydrogens is 1490 g/mol. The van der Waals surface area contributed by atoms with Gasteiger partial charge in [-0.05, 0) is 282 Å². The van der Waals surface area contributed by atoms with Crippen molar-refractivity contribution in [3.8, 4) is 0 Å². The van der Waals surface area contributed by atoms with Crippen LogP contribution in [0.3, 0.4) is 0 Å². The molecule has 0 amide bonds. The van der Waals surface area contributed by atoms with Crippen LogP contribution in [0.1, 0.15) is 303 Å². The quantitative estimate of drug-likeness (QED) is 0.0673. The van der Waals surface area contributed by atoms with Crippen molar-refractivity contribution >= 4 is 44.0 Å². The zero-order chi connectivity index (χ0) is 86.5. The van der Waals surface area contributed by atoms with Gasteiger partial charge in [-0.15, -0.1) is 0 Å². The van der Waals surface area contributed by atoms with Crippen LogP contribution in [0.15, 0.2) is 94.7 Å². The van der Waals surface area contributed by atoms with Crippen LogP contribution in [0.25, 0.3) is 0 Å². The maximum Gasteiger partial charge on any atom is 0.192 e. The highest BCUT2D eigenvalue weighted by Gasteiger charge is 2.66. The van der Waals surface area contributed by atoms with Crippen molar-refractivity contribution in [3.05, 3.63) is 94.7 Å². The van der Waals surface area contributed by atoms with Gasteiger partial charge in [0.1, 0.15) is 56.2 Å². The number of ether oxygens (including phenoxy) is 1. The molecule has 0 aromatic heterocycles. The number of aliphatic hydroxyl groups is 6. The van der Waals surface area contributed by atoms with E-state index in [2.05, 4.69) is 124 Å². The molecule has 118 heavy (non-hydrogen) atoms. The van der Waals surface area contributed by atoms with E-state index in [1.165, 1.54) is 81.8 Å². The minimum atomic E-state index is -1.16. The molecule has 26 atom stereocenters. The highest BCUT2D eigenvalue weighted by molar-refractivity contribution is 5.76. The molecule has 0 saturated heterocycles. The van der Waals surface area contributed by atoms with E-state index in [-0.39, 0.29) is 98.0 Å². The van der Waals surface area contributed by atoms with Crippen molar-refractivity contribution in [2.45, 2.75) is 358 Å². The van der Waals surface area contributed by atoms with Gasteiger partial charge in [-0.25, -0.2) is 19.6 Å². The molecule has 3 heterocycles. The second-order valence-electron chi connectivity index (χ2n) is 44.5. The van der Waals surface area contributed by atoms with Crippen molar-refractivity contribution in [1.29, 1.82) is 0 Å². The number of fused-ring (bicyclic) bond motifs is 9. The van der Waals surface area contributed by atoms with E-state index < -0.39 is 54.1 Å². The normalized spacial score (nSPS) is 44.5. The van der Waals surface area contributed by atoms with Gasteiger partial charge in [0.25, 0.3) is 0 Å². The first kappa shape index (κ1) is 93.9. The number of aldehydes is 7. The Kier molecular flexibility index (Phi) is 28.7. The SMILES string of the molecule is C=C1C(O)CC2C(C)(C)CCCC2(C)C1C1C=C(C=O)CC(O)OO1.C=C1CCC2C(C)(C)CCCC2(C)C1C1C=C(C=O)CC(O)OO1.C=C1CCC2C(C)(C)CCC[C@]2(C)C1C1C=C(C=O)CC(O)O1.CC1(C)CCC[C@@]2(C)C1CC[C@]1(C=O)C2CC=C(C=O)C[C@@H]1O.CC1(C)CCC[C@@]2(C)C1CC[C@]1(C=O)C2CC=C(C=O)C[C@H]1O. The molecule has 15 rings (SSSR count). The van der Waals surface area contributed by atoms with Crippen LogP contribution < -0.4 is 0 Å². The number of hydrogen-bond acceptors (Lipinski definition) is 18. The maximum atomic E-state index is 12.2. The monoisotopic (exact) mass is 1640 g/mol. The van der Waals surface area contributed by atoms with Crippen molar-refractivity contribution in [2.75, 3.05) is 0 Å². The second kappa shape index (κ2) is 36.0. The van der Waals surface area contributed by atoms with Crippen LogP contribution in [0.2, 0.25) is 0 Å². The topological polar surface area (TPSA) is 287 Å². The smallest absolute Gasteiger partial charge is 0.192 e.